The number of nitrogens with one attached hydrogen (secondary N) is 1. The Morgan fingerprint density at radius 3 is 2.52 bits per heavy atom. The Morgan fingerprint density at radius 1 is 1.19 bits per heavy atom. The number of nitrogens with zero attached hydrogens (tertiary/aromatic N) is 2. The van der Waals surface area contributed by atoms with Gasteiger partial charge in [0.05, 0.1) is 22.2 Å². The van der Waals surface area contributed by atoms with Gasteiger partial charge in [-0.05, 0) is 49.9 Å². The first-order valence-corrected chi connectivity index (χ1v) is 11.5. The van der Waals surface area contributed by atoms with E-state index in [9.17, 15) is 13.2 Å². The van der Waals surface area contributed by atoms with E-state index in [-0.39, 0.29) is 10.8 Å². The van der Waals surface area contributed by atoms with Crippen molar-refractivity contribution in [1.82, 2.24) is 9.21 Å². The minimum Gasteiger partial charge on any atom is -0.324 e. The average Bonchev–Trinajstić information content (AvgIpc) is 2.86. The van der Waals surface area contributed by atoms with Crippen molar-refractivity contribution in [3.8, 4) is 0 Å². The molecule has 0 aliphatic carbocycles. The van der Waals surface area contributed by atoms with Crippen molar-refractivity contribution in [2.75, 3.05) is 38.0 Å². The number of likely N-dealkylation sites (tertiary alicyclic amines) is 1. The van der Waals surface area contributed by atoms with Crippen LogP contribution in [0.15, 0.2) is 23.1 Å². The molecule has 1 amide bonds. The summed E-state index contributed by atoms with van der Waals surface area (Å²) in [6, 6.07) is 4.53. The summed E-state index contributed by atoms with van der Waals surface area (Å²) >= 11 is 6.21. The maximum Gasteiger partial charge on any atom is 0.243 e. The number of hydrogen-bond donors (Lipinski definition) is 1. The summed E-state index contributed by atoms with van der Waals surface area (Å²) in [6.45, 7) is 5.37. The van der Waals surface area contributed by atoms with Crippen molar-refractivity contribution in [2.24, 2.45) is 5.92 Å². The van der Waals surface area contributed by atoms with Gasteiger partial charge in [0.25, 0.3) is 0 Å². The van der Waals surface area contributed by atoms with Gasteiger partial charge in [0, 0.05) is 19.6 Å². The second-order valence-electron chi connectivity index (χ2n) is 7.64. The molecule has 8 heteroatoms. The van der Waals surface area contributed by atoms with Crippen molar-refractivity contribution in [3.63, 3.8) is 0 Å². The van der Waals surface area contributed by atoms with Gasteiger partial charge in [0.1, 0.15) is 0 Å². The number of carbonyl (C=O) groups excluding carboxylic acids is 1. The summed E-state index contributed by atoms with van der Waals surface area (Å²) in [5.74, 6) is 0.429. The zero-order valence-corrected chi connectivity index (χ0v) is 17.4. The van der Waals surface area contributed by atoms with Crippen molar-refractivity contribution in [1.29, 1.82) is 0 Å². The van der Waals surface area contributed by atoms with Crippen LogP contribution in [0.4, 0.5) is 5.69 Å². The Hall–Kier alpha value is -1.15. The quantitative estimate of drug-likeness (QED) is 0.804. The molecule has 0 spiro atoms. The van der Waals surface area contributed by atoms with Crippen molar-refractivity contribution in [2.45, 2.75) is 43.9 Å². The molecule has 0 saturated carbocycles. The number of benzene rings is 1. The van der Waals surface area contributed by atoms with Crippen molar-refractivity contribution < 1.29 is 13.2 Å². The Morgan fingerprint density at radius 2 is 1.89 bits per heavy atom. The number of sulfonamides is 1. The number of anilines is 1. The molecule has 0 aromatic heterocycles. The molecule has 2 aliphatic heterocycles. The fourth-order valence-corrected chi connectivity index (χ4v) is 5.46. The van der Waals surface area contributed by atoms with Crippen LogP contribution in [0.5, 0.6) is 0 Å². The summed E-state index contributed by atoms with van der Waals surface area (Å²) in [5.41, 5.74) is 0.352. The molecular formula is C19H28ClN3O3S. The van der Waals surface area contributed by atoms with Gasteiger partial charge in [-0.2, -0.15) is 4.31 Å². The Bertz CT molecular complexity index is 776. The van der Waals surface area contributed by atoms with Crippen LogP contribution in [0, 0.1) is 5.92 Å². The van der Waals surface area contributed by atoms with Crippen LogP contribution in [-0.2, 0) is 14.8 Å². The summed E-state index contributed by atoms with van der Waals surface area (Å²) in [7, 11) is -3.58. The zero-order valence-electron chi connectivity index (χ0n) is 15.8. The lowest BCUT2D eigenvalue weighted by Gasteiger charge is -2.21. The molecule has 0 radical (unpaired) electrons. The van der Waals surface area contributed by atoms with E-state index in [1.54, 1.807) is 10.4 Å². The van der Waals surface area contributed by atoms with Crippen molar-refractivity contribution in [3.05, 3.63) is 23.2 Å². The van der Waals surface area contributed by atoms with E-state index in [4.69, 9.17) is 11.6 Å². The SMILES string of the molecule is CC1CCN(CC(=O)Nc2cc(S(=O)(=O)N3CCCCCC3)ccc2Cl)C1. The van der Waals surface area contributed by atoms with E-state index in [0.29, 0.717) is 36.3 Å². The number of rotatable bonds is 5. The van der Waals surface area contributed by atoms with E-state index in [2.05, 4.69) is 17.1 Å². The van der Waals surface area contributed by atoms with Crippen molar-refractivity contribution >= 4 is 33.2 Å². The fraction of sp³-hybridized carbons (Fsp3) is 0.632. The predicted molar refractivity (Wildman–Crippen MR) is 108 cm³/mol. The van der Waals surface area contributed by atoms with E-state index in [1.165, 1.54) is 12.1 Å². The topological polar surface area (TPSA) is 69.7 Å². The lowest BCUT2D eigenvalue weighted by atomic mass is 10.2. The summed E-state index contributed by atoms with van der Waals surface area (Å²) < 4.78 is 27.5. The second-order valence-corrected chi connectivity index (χ2v) is 9.98. The molecular weight excluding hydrogens is 386 g/mol. The molecule has 0 bridgehead atoms. The minimum absolute atomic E-state index is 0.171. The van der Waals surface area contributed by atoms with Gasteiger partial charge in [0.15, 0.2) is 0 Å². The average molecular weight is 414 g/mol. The maximum absolute atomic E-state index is 13.0. The van der Waals surface area contributed by atoms with Crippen LogP contribution in [0.25, 0.3) is 0 Å². The molecule has 27 heavy (non-hydrogen) atoms. The highest BCUT2D eigenvalue weighted by Gasteiger charge is 2.26. The van der Waals surface area contributed by atoms with Crippen LogP contribution < -0.4 is 5.32 Å². The molecule has 1 unspecified atom stereocenters. The van der Waals surface area contributed by atoms with Gasteiger partial charge in [-0.1, -0.05) is 31.4 Å². The predicted octanol–water partition coefficient (Wildman–Crippen LogP) is 3.19. The molecule has 1 atom stereocenters. The number of hydrogen-bond acceptors (Lipinski definition) is 4. The highest BCUT2D eigenvalue weighted by molar-refractivity contribution is 7.89. The van der Waals surface area contributed by atoms with Crippen LogP contribution in [0.1, 0.15) is 39.0 Å². The summed E-state index contributed by atoms with van der Waals surface area (Å²) in [5, 5.41) is 3.12. The number of carbonyl (C=O) groups is 1. The third-order valence-electron chi connectivity index (χ3n) is 5.29. The van der Waals surface area contributed by atoms with Gasteiger partial charge < -0.3 is 5.32 Å². The first kappa shape index (κ1) is 20.6. The normalized spacial score (nSPS) is 22.5. The van der Waals surface area contributed by atoms with E-state index in [1.807, 2.05) is 0 Å². The van der Waals surface area contributed by atoms with Crippen LogP contribution in [-0.4, -0.2) is 56.3 Å². The minimum atomic E-state index is -3.58. The Kier molecular flexibility index (Phi) is 6.78. The lowest BCUT2D eigenvalue weighted by Crippen LogP contribution is -2.32. The third-order valence-corrected chi connectivity index (χ3v) is 7.51. The molecule has 6 nitrogen and oxygen atoms in total. The largest absolute Gasteiger partial charge is 0.324 e. The first-order chi connectivity index (χ1) is 12.9. The van der Waals surface area contributed by atoms with E-state index < -0.39 is 10.0 Å². The molecule has 150 valence electrons. The van der Waals surface area contributed by atoms with Gasteiger partial charge >= 0.3 is 0 Å². The maximum atomic E-state index is 13.0. The summed E-state index contributed by atoms with van der Waals surface area (Å²) in [4.78, 5) is 14.6. The molecule has 2 aliphatic rings. The number of halogens is 1. The van der Waals surface area contributed by atoms with Gasteiger partial charge in [0.2, 0.25) is 15.9 Å². The molecule has 1 aromatic rings. The summed E-state index contributed by atoms with van der Waals surface area (Å²) in [6.07, 6.45) is 4.97. The monoisotopic (exact) mass is 413 g/mol. The highest BCUT2D eigenvalue weighted by atomic mass is 35.5. The molecule has 1 aromatic carbocycles. The van der Waals surface area contributed by atoms with Gasteiger partial charge in [-0.3, -0.25) is 9.69 Å². The van der Waals surface area contributed by atoms with Gasteiger partial charge in [-0.15, -0.1) is 0 Å². The molecule has 2 heterocycles. The smallest absolute Gasteiger partial charge is 0.243 e. The third kappa shape index (κ3) is 5.22. The van der Waals surface area contributed by atoms with E-state index >= 15 is 0 Å². The highest BCUT2D eigenvalue weighted by Crippen LogP contribution is 2.28. The second kappa shape index (κ2) is 8.90. The van der Waals surface area contributed by atoms with Crippen LogP contribution >= 0.6 is 11.6 Å². The van der Waals surface area contributed by atoms with Crippen LogP contribution in [0.2, 0.25) is 5.02 Å². The lowest BCUT2D eigenvalue weighted by molar-refractivity contribution is -0.117. The van der Waals surface area contributed by atoms with E-state index in [0.717, 1.165) is 45.2 Å². The molecule has 1 N–H and O–H groups in total. The Balaban J connectivity index is 1.72. The Labute approximate surface area is 166 Å². The van der Waals surface area contributed by atoms with Gasteiger partial charge in [-0.25, -0.2) is 8.42 Å². The molecule has 2 fully saturated rings. The standard InChI is InChI=1S/C19H28ClN3O3S/c1-15-8-11-22(13-15)14-19(24)21-18-12-16(6-7-17(18)20)27(25,26)23-9-4-2-3-5-10-23/h6-7,12,15H,2-5,8-11,13-14H2,1H3,(H,21,24). The fourth-order valence-electron chi connectivity index (χ4n) is 3.75. The zero-order chi connectivity index (χ0) is 19.4. The molecule has 3 rings (SSSR count). The number of amides is 1. The first-order valence-electron chi connectivity index (χ1n) is 9.68. The molecule has 2 saturated heterocycles. The van der Waals surface area contributed by atoms with Crippen LogP contribution in [0.3, 0.4) is 0 Å².